The maximum absolute atomic E-state index is 11.8. The van der Waals surface area contributed by atoms with Gasteiger partial charge in [-0.05, 0) is 26.3 Å². The first-order valence-corrected chi connectivity index (χ1v) is 5.84. The SMILES string of the molecule is CC(C)(CCC(=O)O)NC(=O)Cn1cccnc1=O. The fourth-order valence-electron chi connectivity index (χ4n) is 1.56. The quantitative estimate of drug-likeness (QED) is 0.755. The minimum absolute atomic E-state index is 0.0277. The van der Waals surface area contributed by atoms with Gasteiger partial charge < -0.3 is 10.4 Å². The molecule has 0 saturated heterocycles. The largest absolute Gasteiger partial charge is 0.481 e. The van der Waals surface area contributed by atoms with Gasteiger partial charge in [-0.2, -0.15) is 0 Å². The van der Waals surface area contributed by atoms with Crippen molar-refractivity contribution in [3.63, 3.8) is 0 Å². The Bertz CT molecular complexity index is 522. The van der Waals surface area contributed by atoms with Gasteiger partial charge in [-0.25, -0.2) is 9.78 Å². The molecule has 2 N–H and O–H groups in total. The number of carbonyl (C=O) groups is 2. The molecule has 19 heavy (non-hydrogen) atoms. The van der Waals surface area contributed by atoms with Crippen molar-refractivity contribution in [2.24, 2.45) is 0 Å². The summed E-state index contributed by atoms with van der Waals surface area (Å²) in [6.45, 7) is 3.34. The number of carboxylic acids is 1. The molecule has 1 aromatic rings. The first kappa shape index (κ1) is 14.9. The van der Waals surface area contributed by atoms with Crippen LogP contribution in [0.2, 0.25) is 0 Å². The Morgan fingerprint density at radius 3 is 2.74 bits per heavy atom. The third kappa shape index (κ3) is 5.33. The van der Waals surface area contributed by atoms with Crippen molar-refractivity contribution < 1.29 is 14.7 Å². The van der Waals surface area contributed by atoms with E-state index in [0.29, 0.717) is 6.42 Å². The average Bonchev–Trinajstić information content (AvgIpc) is 2.29. The van der Waals surface area contributed by atoms with Crippen LogP contribution >= 0.6 is 0 Å². The number of nitrogens with one attached hydrogen (secondary N) is 1. The minimum Gasteiger partial charge on any atom is -0.481 e. The van der Waals surface area contributed by atoms with Crippen molar-refractivity contribution in [2.75, 3.05) is 0 Å². The molecule has 0 fully saturated rings. The first-order valence-electron chi connectivity index (χ1n) is 5.84. The van der Waals surface area contributed by atoms with E-state index in [1.54, 1.807) is 19.9 Å². The lowest BCUT2D eigenvalue weighted by atomic mass is 9.98. The van der Waals surface area contributed by atoms with E-state index >= 15 is 0 Å². The molecule has 1 rings (SSSR count). The Morgan fingerprint density at radius 2 is 2.16 bits per heavy atom. The monoisotopic (exact) mass is 267 g/mol. The summed E-state index contributed by atoms with van der Waals surface area (Å²) in [4.78, 5) is 37.1. The van der Waals surface area contributed by atoms with Crippen LogP contribution < -0.4 is 11.0 Å². The van der Waals surface area contributed by atoms with E-state index in [1.807, 2.05) is 0 Å². The van der Waals surface area contributed by atoms with Gasteiger partial charge in [-0.1, -0.05) is 0 Å². The second-order valence-corrected chi connectivity index (χ2v) is 4.86. The molecular formula is C12H17N3O4. The molecular weight excluding hydrogens is 250 g/mol. The number of carboxylic acid groups (broad SMARTS) is 1. The number of hydrogen-bond acceptors (Lipinski definition) is 4. The first-order chi connectivity index (χ1) is 8.80. The number of nitrogens with zero attached hydrogens (tertiary/aromatic N) is 2. The van der Waals surface area contributed by atoms with Gasteiger partial charge >= 0.3 is 11.7 Å². The van der Waals surface area contributed by atoms with Crippen LogP contribution in [0.25, 0.3) is 0 Å². The van der Waals surface area contributed by atoms with Crippen molar-refractivity contribution in [2.45, 2.75) is 38.8 Å². The zero-order valence-corrected chi connectivity index (χ0v) is 10.9. The van der Waals surface area contributed by atoms with E-state index in [-0.39, 0.29) is 18.9 Å². The van der Waals surface area contributed by atoms with Crippen LogP contribution in [0, 0.1) is 0 Å². The molecule has 0 bridgehead atoms. The fourth-order valence-corrected chi connectivity index (χ4v) is 1.56. The van der Waals surface area contributed by atoms with Gasteiger partial charge in [-0.3, -0.25) is 14.2 Å². The Hall–Kier alpha value is -2.18. The zero-order valence-electron chi connectivity index (χ0n) is 10.9. The predicted molar refractivity (Wildman–Crippen MR) is 67.6 cm³/mol. The Labute approximate surface area is 110 Å². The lowest BCUT2D eigenvalue weighted by molar-refractivity contribution is -0.137. The van der Waals surface area contributed by atoms with Crippen LogP contribution in [0.4, 0.5) is 0 Å². The molecule has 7 nitrogen and oxygen atoms in total. The fraction of sp³-hybridized carbons (Fsp3) is 0.500. The highest BCUT2D eigenvalue weighted by Gasteiger charge is 2.21. The van der Waals surface area contributed by atoms with Gasteiger partial charge in [0.15, 0.2) is 0 Å². The summed E-state index contributed by atoms with van der Waals surface area (Å²) in [5, 5.41) is 11.3. The third-order valence-corrected chi connectivity index (χ3v) is 2.54. The van der Waals surface area contributed by atoms with Crippen molar-refractivity contribution >= 4 is 11.9 Å². The van der Waals surface area contributed by atoms with E-state index in [4.69, 9.17) is 5.11 Å². The average molecular weight is 267 g/mol. The molecule has 104 valence electrons. The third-order valence-electron chi connectivity index (χ3n) is 2.54. The summed E-state index contributed by atoms with van der Waals surface area (Å²) in [5.41, 5.74) is -1.14. The molecule has 0 spiro atoms. The van der Waals surface area contributed by atoms with Gasteiger partial charge in [0.2, 0.25) is 5.91 Å². The van der Waals surface area contributed by atoms with Crippen molar-refractivity contribution in [1.29, 1.82) is 0 Å². The second-order valence-electron chi connectivity index (χ2n) is 4.86. The summed E-state index contributed by atoms with van der Waals surface area (Å²) >= 11 is 0. The second kappa shape index (κ2) is 6.12. The maximum Gasteiger partial charge on any atom is 0.347 e. The van der Waals surface area contributed by atoms with E-state index in [9.17, 15) is 14.4 Å². The van der Waals surface area contributed by atoms with Crippen molar-refractivity contribution in [3.05, 3.63) is 28.9 Å². The van der Waals surface area contributed by atoms with E-state index in [0.717, 1.165) is 0 Å². The summed E-state index contributed by atoms with van der Waals surface area (Å²) in [5.74, 6) is -1.27. The van der Waals surface area contributed by atoms with Crippen LogP contribution in [0.1, 0.15) is 26.7 Å². The summed E-state index contributed by atoms with van der Waals surface area (Å²) in [6, 6.07) is 1.56. The maximum atomic E-state index is 11.8. The zero-order chi connectivity index (χ0) is 14.5. The number of hydrogen-bond donors (Lipinski definition) is 2. The highest BCUT2D eigenvalue weighted by atomic mass is 16.4. The lowest BCUT2D eigenvalue weighted by Crippen LogP contribution is -2.46. The molecule has 0 aromatic carbocycles. The number of amides is 1. The number of aliphatic carboxylic acids is 1. The van der Waals surface area contributed by atoms with Crippen molar-refractivity contribution in [1.82, 2.24) is 14.9 Å². The standard InChI is InChI=1S/C12H17N3O4/c1-12(2,5-4-10(17)18)14-9(16)8-15-7-3-6-13-11(15)19/h3,6-7H,4-5,8H2,1-2H3,(H,14,16)(H,17,18). The number of rotatable bonds is 6. The van der Waals surface area contributed by atoms with Gasteiger partial charge in [0.25, 0.3) is 0 Å². The van der Waals surface area contributed by atoms with Gasteiger partial charge in [0.05, 0.1) is 0 Å². The molecule has 7 heteroatoms. The van der Waals surface area contributed by atoms with Crippen LogP contribution in [-0.4, -0.2) is 32.1 Å². The highest BCUT2D eigenvalue weighted by molar-refractivity contribution is 5.76. The molecule has 0 aliphatic rings. The Kier molecular flexibility index (Phi) is 4.80. The normalized spacial score (nSPS) is 11.1. The summed E-state index contributed by atoms with van der Waals surface area (Å²) in [7, 11) is 0. The van der Waals surface area contributed by atoms with Gasteiger partial charge in [-0.15, -0.1) is 0 Å². The molecule has 1 heterocycles. The molecule has 0 saturated carbocycles. The van der Waals surface area contributed by atoms with Gasteiger partial charge in [0, 0.05) is 24.4 Å². The molecule has 1 aromatic heterocycles. The number of carbonyl (C=O) groups excluding carboxylic acids is 1. The Morgan fingerprint density at radius 1 is 1.47 bits per heavy atom. The minimum atomic E-state index is -0.911. The van der Waals surface area contributed by atoms with Crippen LogP contribution in [0.5, 0.6) is 0 Å². The van der Waals surface area contributed by atoms with E-state index in [1.165, 1.54) is 17.0 Å². The summed E-state index contributed by atoms with van der Waals surface area (Å²) < 4.78 is 1.18. The topological polar surface area (TPSA) is 101 Å². The van der Waals surface area contributed by atoms with Crippen LogP contribution in [0.15, 0.2) is 23.3 Å². The molecule has 0 radical (unpaired) electrons. The predicted octanol–water partition coefficient (Wildman–Crippen LogP) is 0.00290. The van der Waals surface area contributed by atoms with E-state index < -0.39 is 17.2 Å². The van der Waals surface area contributed by atoms with Crippen LogP contribution in [-0.2, 0) is 16.1 Å². The molecule has 0 aliphatic carbocycles. The van der Waals surface area contributed by atoms with Gasteiger partial charge in [0.1, 0.15) is 6.54 Å². The molecule has 0 aliphatic heterocycles. The highest BCUT2D eigenvalue weighted by Crippen LogP contribution is 2.10. The van der Waals surface area contributed by atoms with Crippen molar-refractivity contribution in [3.8, 4) is 0 Å². The number of aromatic nitrogens is 2. The Balaban J connectivity index is 2.58. The summed E-state index contributed by atoms with van der Waals surface area (Å²) in [6.07, 6.45) is 3.11. The van der Waals surface area contributed by atoms with E-state index in [2.05, 4.69) is 10.3 Å². The molecule has 0 atom stereocenters. The molecule has 1 amide bonds. The van der Waals surface area contributed by atoms with Crippen LogP contribution in [0.3, 0.4) is 0 Å². The lowest BCUT2D eigenvalue weighted by Gasteiger charge is -2.25. The molecule has 0 unspecified atom stereocenters. The smallest absolute Gasteiger partial charge is 0.347 e.